The van der Waals surface area contributed by atoms with Gasteiger partial charge >= 0.3 is 5.97 Å². The van der Waals surface area contributed by atoms with Crippen molar-refractivity contribution in [2.75, 3.05) is 13.7 Å². The molecule has 41 heavy (non-hydrogen) atoms. The van der Waals surface area contributed by atoms with Crippen molar-refractivity contribution in [3.63, 3.8) is 0 Å². The summed E-state index contributed by atoms with van der Waals surface area (Å²) in [5.74, 6) is -0.906. The monoisotopic (exact) mass is 565 g/mol. The number of ether oxygens (including phenoxy) is 5. The van der Waals surface area contributed by atoms with Crippen molar-refractivity contribution >= 4 is 5.97 Å². The predicted octanol–water partition coefficient (Wildman–Crippen LogP) is 3.71. The van der Waals surface area contributed by atoms with Crippen molar-refractivity contribution in [1.82, 2.24) is 0 Å². The minimum Gasteiger partial charge on any atom is -0.467 e. The summed E-state index contributed by atoms with van der Waals surface area (Å²) in [4.78, 5) is 24.0. The molecular weight excluding hydrogens is 530 g/mol. The zero-order valence-electron chi connectivity index (χ0n) is 22.8. The summed E-state index contributed by atoms with van der Waals surface area (Å²) in [6, 6.07) is 26.9. The van der Waals surface area contributed by atoms with Crippen LogP contribution in [0.3, 0.4) is 0 Å². The molecule has 3 aromatic carbocycles. The Kier molecular flexibility index (Phi) is 11.4. The molecule has 1 saturated heterocycles. The van der Waals surface area contributed by atoms with Gasteiger partial charge in [0.05, 0.1) is 33.5 Å². The number of nitrogens with zero attached hydrogens (tertiary/aromatic N) is 1. The van der Waals surface area contributed by atoms with E-state index in [1.807, 2.05) is 91.0 Å². The Morgan fingerprint density at radius 1 is 0.829 bits per heavy atom. The molecule has 0 bridgehead atoms. The normalized spacial score (nSPS) is 23.0. The lowest BCUT2D eigenvalue weighted by atomic mass is 9.89. The van der Waals surface area contributed by atoms with Gasteiger partial charge in [0.1, 0.15) is 18.3 Å². The Hall–Kier alpha value is -3.67. The van der Waals surface area contributed by atoms with E-state index in [4.69, 9.17) is 18.9 Å². The second kappa shape index (κ2) is 15.4. The Labute approximate surface area is 238 Å². The van der Waals surface area contributed by atoms with Crippen molar-refractivity contribution in [1.29, 1.82) is 0 Å². The lowest BCUT2D eigenvalue weighted by Gasteiger charge is -2.43. The van der Waals surface area contributed by atoms with Crippen LogP contribution < -0.4 is 0 Å². The molecule has 0 aliphatic carbocycles. The maximum Gasteiger partial charge on any atom is 0.334 e. The summed E-state index contributed by atoms with van der Waals surface area (Å²) in [5.41, 5.74) is 2.65. The van der Waals surface area contributed by atoms with Crippen LogP contribution in [0.15, 0.2) is 91.0 Å². The van der Waals surface area contributed by atoms with E-state index in [1.54, 1.807) is 0 Å². The average Bonchev–Trinajstić information content (AvgIpc) is 3.00. The fourth-order valence-electron chi connectivity index (χ4n) is 4.83. The van der Waals surface area contributed by atoms with Gasteiger partial charge in [-0.1, -0.05) is 91.0 Å². The molecule has 1 heterocycles. The fourth-order valence-corrected chi connectivity index (χ4v) is 4.83. The molecule has 0 aromatic heterocycles. The van der Waals surface area contributed by atoms with Gasteiger partial charge in [0.2, 0.25) is 0 Å². The highest BCUT2D eigenvalue weighted by Gasteiger charge is 2.54. The number of aliphatic hydroxyl groups is 1. The third-order valence-electron chi connectivity index (χ3n) is 6.89. The van der Waals surface area contributed by atoms with Crippen LogP contribution >= 0.6 is 0 Å². The Balaban J connectivity index is 1.62. The smallest absolute Gasteiger partial charge is 0.334 e. The van der Waals surface area contributed by atoms with Crippen LogP contribution in [0, 0.1) is 10.1 Å². The van der Waals surface area contributed by atoms with Gasteiger partial charge in [-0.25, -0.2) is 4.79 Å². The molecule has 1 aliphatic heterocycles. The maximum absolute atomic E-state index is 12.5. The highest BCUT2D eigenvalue weighted by molar-refractivity contribution is 5.74. The fraction of sp³-hybridized carbons (Fsp3) is 0.387. The zero-order chi connectivity index (χ0) is 29.0. The summed E-state index contributed by atoms with van der Waals surface area (Å²) in [5, 5.41) is 22.9. The number of aliphatic hydroxyl groups excluding tert-OH is 1. The van der Waals surface area contributed by atoms with Gasteiger partial charge in [0, 0.05) is 11.3 Å². The van der Waals surface area contributed by atoms with Crippen LogP contribution in [0.4, 0.5) is 0 Å². The van der Waals surface area contributed by atoms with E-state index in [0.29, 0.717) is 0 Å². The summed E-state index contributed by atoms with van der Waals surface area (Å²) in [7, 11) is 1.14. The number of hydrogen-bond donors (Lipinski definition) is 1. The van der Waals surface area contributed by atoms with E-state index in [9.17, 15) is 20.0 Å². The van der Waals surface area contributed by atoms with Gasteiger partial charge < -0.3 is 28.8 Å². The van der Waals surface area contributed by atoms with Gasteiger partial charge in [-0.05, 0) is 16.7 Å². The first-order chi connectivity index (χ1) is 20.0. The van der Waals surface area contributed by atoms with Crippen LogP contribution in [-0.2, 0) is 48.3 Å². The molecule has 10 heteroatoms. The lowest BCUT2D eigenvalue weighted by molar-refractivity contribution is -0.562. The van der Waals surface area contributed by atoms with Crippen molar-refractivity contribution in [3.05, 3.63) is 118 Å². The first kappa shape index (κ1) is 30.3. The number of carbonyl (C=O) groups excluding carboxylic acids is 1. The molecule has 3 aromatic rings. The highest BCUT2D eigenvalue weighted by atomic mass is 16.7. The predicted molar refractivity (Wildman–Crippen MR) is 148 cm³/mol. The number of carbonyl (C=O) groups is 1. The van der Waals surface area contributed by atoms with Crippen LogP contribution in [-0.4, -0.2) is 66.3 Å². The summed E-state index contributed by atoms with van der Waals surface area (Å²) < 4.78 is 29.4. The van der Waals surface area contributed by atoms with E-state index in [2.05, 4.69) is 4.74 Å². The van der Waals surface area contributed by atoms with E-state index in [1.165, 1.54) is 0 Å². The molecule has 6 atom stereocenters. The van der Waals surface area contributed by atoms with Crippen LogP contribution in [0.25, 0.3) is 0 Å². The standard InChI is InChI=1S/C31H35NO9/c1-37-31(34)25(33)17-26-28(32(35)36)30(40-20-24-15-9-4-10-16-24)29(39-19-23-13-7-3-8-14-23)27(41-26)21-38-18-22-11-5-2-6-12-22/h2-16,25-30,33H,17-21H2,1H3/t25-,26+,27-,28+,29+,30-/m1/s1. The molecule has 0 spiro atoms. The van der Waals surface area contributed by atoms with E-state index in [0.717, 1.165) is 23.8 Å². The van der Waals surface area contributed by atoms with Crippen molar-refractivity contribution in [3.8, 4) is 0 Å². The second-order valence-corrected chi connectivity index (χ2v) is 9.79. The van der Waals surface area contributed by atoms with E-state index >= 15 is 0 Å². The summed E-state index contributed by atoms with van der Waals surface area (Å²) in [6.45, 7) is 0.574. The number of esters is 1. The lowest BCUT2D eigenvalue weighted by Crippen LogP contribution is -2.63. The molecule has 0 amide bonds. The van der Waals surface area contributed by atoms with Gasteiger partial charge in [-0.3, -0.25) is 10.1 Å². The quantitative estimate of drug-likeness (QED) is 0.177. The van der Waals surface area contributed by atoms with Gasteiger partial charge in [0.15, 0.2) is 12.2 Å². The highest BCUT2D eigenvalue weighted by Crippen LogP contribution is 2.32. The van der Waals surface area contributed by atoms with Crippen LogP contribution in [0.5, 0.6) is 0 Å². The molecule has 0 radical (unpaired) electrons. The molecule has 0 saturated carbocycles. The number of rotatable bonds is 14. The topological polar surface area (TPSA) is 127 Å². The Bertz CT molecular complexity index is 1210. The van der Waals surface area contributed by atoms with Crippen LogP contribution in [0.2, 0.25) is 0 Å². The van der Waals surface area contributed by atoms with Crippen LogP contribution in [0.1, 0.15) is 23.1 Å². The summed E-state index contributed by atoms with van der Waals surface area (Å²) >= 11 is 0. The number of nitro groups is 1. The minimum absolute atomic E-state index is 0.0365. The SMILES string of the molecule is COC(=O)[C@H](O)C[C@@H]1O[C@H](COCc2ccccc2)[C@H](OCc2ccccc2)[C@H](OCc2ccccc2)[C@H]1[N+](=O)[O-]. The zero-order valence-corrected chi connectivity index (χ0v) is 22.8. The molecule has 218 valence electrons. The second-order valence-electron chi connectivity index (χ2n) is 9.79. The minimum atomic E-state index is -1.62. The van der Waals surface area contributed by atoms with Crippen molar-refractivity contribution in [2.45, 2.75) is 62.8 Å². The number of methoxy groups -OCH3 is 1. The third kappa shape index (κ3) is 8.66. The molecule has 1 N–H and O–H groups in total. The number of hydrogen-bond acceptors (Lipinski definition) is 9. The number of benzene rings is 3. The van der Waals surface area contributed by atoms with Crippen molar-refractivity contribution in [2.24, 2.45) is 0 Å². The molecule has 10 nitrogen and oxygen atoms in total. The van der Waals surface area contributed by atoms with E-state index in [-0.39, 0.29) is 32.8 Å². The Morgan fingerprint density at radius 2 is 1.32 bits per heavy atom. The average molecular weight is 566 g/mol. The third-order valence-corrected chi connectivity index (χ3v) is 6.89. The van der Waals surface area contributed by atoms with Gasteiger partial charge in [-0.15, -0.1) is 0 Å². The maximum atomic E-state index is 12.5. The molecule has 1 fully saturated rings. The Morgan fingerprint density at radius 3 is 1.80 bits per heavy atom. The van der Waals surface area contributed by atoms with E-state index < -0.39 is 47.5 Å². The van der Waals surface area contributed by atoms with Gasteiger partial charge in [-0.2, -0.15) is 0 Å². The van der Waals surface area contributed by atoms with Gasteiger partial charge in [0.25, 0.3) is 6.04 Å². The summed E-state index contributed by atoms with van der Waals surface area (Å²) in [6.07, 6.45) is -5.92. The first-order valence-electron chi connectivity index (χ1n) is 13.4. The van der Waals surface area contributed by atoms with Crippen molar-refractivity contribution < 1.29 is 38.5 Å². The first-order valence-corrected chi connectivity index (χ1v) is 13.4. The molecule has 0 unspecified atom stereocenters. The molecule has 4 rings (SSSR count). The molecule has 1 aliphatic rings. The molecular formula is C31H35NO9. The largest absolute Gasteiger partial charge is 0.467 e.